The van der Waals surface area contributed by atoms with E-state index in [0.717, 1.165) is 0 Å². The Hall–Kier alpha value is -0.780. The predicted octanol–water partition coefficient (Wildman–Crippen LogP) is 2.86. The summed E-state index contributed by atoms with van der Waals surface area (Å²) in [6.07, 6.45) is -3.71. The van der Waals surface area contributed by atoms with Crippen LogP contribution < -0.4 is 10.6 Å². The van der Waals surface area contributed by atoms with Crippen molar-refractivity contribution in [1.29, 1.82) is 0 Å². The Labute approximate surface area is 113 Å². The van der Waals surface area contributed by atoms with Crippen molar-refractivity contribution in [3.8, 4) is 0 Å². The second kappa shape index (κ2) is 8.40. The maximum Gasteiger partial charge on any atom is 0.389 e. The lowest BCUT2D eigenvalue weighted by Crippen LogP contribution is -2.47. The van der Waals surface area contributed by atoms with E-state index >= 15 is 0 Å². The number of likely N-dealkylation sites (N-methyl/N-ethyl adjacent to an activating group) is 1. The third-order valence-corrected chi connectivity index (χ3v) is 2.85. The molecule has 0 radical (unpaired) electrons. The molecule has 19 heavy (non-hydrogen) atoms. The largest absolute Gasteiger partial charge is 0.389 e. The van der Waals surface area contributed by atoms with E-state index in [1.165, 1.54) is 0 Å². The van der Waals surface area contributed by atoms with E-state index in [1.807, 2.05) is 20.8 Å². The third kappa shape index (κ3) is 9.76. The predicted molar refractivity (Wildman–Crippen MR) is 69.8 cm³/mol. The Kier molecular flexibility index (Phi) is 8.06. The van der Waals surface area contributed by atoms with Gasteiger partial charge in [-0.2, -0.15) is 13.2 Å². The van der Waals surface area contributed by atoms with E-state index in [0.29, 0.717) is 18.8 Å². The monoisotopic (exact) mass is 282 g/mol. The Bertz CT molecular complexity index is 267. The maximum absolute atomic E-state index is 12.0. The molecule has 2 unspecified atom stereocenters. The van der Waals surface area contributed by atoms with Gasteiger partial charge in [0.15, 0.2) is 0 Å². The zero-order valence-electron chi connectivity index (χ0n) is 12.1. The number of alkyl halides is 3. The molecular weight excluding hydrogens is 257 g/mol. The summed E-state index contributed by atoms with van der Waals surface area (Å²) in [7, 11) is 1.56. The van der Waals surface area contributed by atoms with Crippen LogP contribution in [0.1, 0.15) is 46.5 Å². The lowest BCUT2D eigenvalue weighted by Gasteiger charge is -2.23. The topological polar surface area (TPSA) is 41.1 Å². The van der Waals surface area contributed by atoms with Crippen LogP contribution in [0.25, 0.3) is 0 Å². The molecule has 1 amide bonds. The fourth-order valence-electron chi connectivity index (χ4n) is 1.93. The highest BCUT2D eigenvalue weighted by molar-refractivity contribution is 5.81. The van der Waals surface area contributed by atoms with E-state index in [1.54, 1.807) is 7.05 Å². The first-order chi connectivity index (χ1) is 8.65. The number of hydrogen-bond donors (Lipinski definition) is 2. The molecule has 3 nitrogen and oxygen atoms in total. The summed E-state index contributed by atoms with van der Waals surface area (Å²) in [5.74, 6) is 0.230. The van der Waals surface area contributed by atoms with Gasteiger partial charge < -0.3 is 10.6 Å². The third-order valence-electron chi connectivity index (χ3n) is 2.85. The minimum Gasteiger partial charge on any atom is -0.358 e. The van der Waals surface area contributed by atoms with Gasteiger partial charge in [-0.3, -0.25) is 4.79 Å². The van der Waals surface area contributed by atoms with Gasteiger partial charge in [-0.15, -0.1) is 0 Å². The number of carbonyl (C=O) groups excluding carboxylic acids is 1. The summed E-state index contributed by atoms with van der Waals surface area (Å²) in [4.78, 5) is 11.7. The van der Waals surface area contributed by atoms with Gasteiger partial charge in [0, 0.05) is 19.5 Å². The molecule has 0 spiro atoms. The van der Waals surface area contributed by atoms with Crippen molar-refractivity contribution in [2.75, 3.05) is 7.05 Å². The summed E-state index contributed by atoms with van der Waals surface area (Å²) in [6, 6.07) is -0.450. The zero-order valence-corrected chi connectivity index (χ0v) is 12.1. The molecule has 0 rings (SSSR count). The van der Waals surface area contributed by atoms with Gasteiger partial charge in [0.1, 0.15) is 0 Å². The van der Waals surface area contributed by atoms with Gasteiger partial charge >= 0.3 is 6.18 Å². The van der Waals surface area contributed by atoms with Crippen molar-refractivity contribution in [1.82, 2.24) is 10.6 Å². The molecule has 0 aromatic heterocycles. The fraction of sp³-hybridized carbons (Fsp3) is 0.923. The molecule has 0 aliphatic carbocycles. The van der Waals surface area contributed by atoms with Gasteiger partial charge in [-0.25, -0.2) is 0 Å². The normalized spacial score (nSPS) is 15.4. The molecule has 114 valence electrons. The molecule has 0 aromatic rings. The average Bonchev–Trinajstić information content (AvgIpc) is 2.24. The Morgan fingerprint density at radius 1 is 1.21 bits per heavy atom. The number of rotatable bonds is 8. The number of carbonyl (C=O) groups is 1. The van der Waals surface area contributed by atoms with Crippen LogP contribution in [0.15, 0.2) is 0 Å². The highest BCUT2D eigenvalue weighted by atomic mass is 19.4. The second-order valence-electron chi connectivity index (χ2n) is 5.37. The van der Waals surface area contributed by atoms with Crippen molar-refractivity contribution in [3.05, 3.63) is 0 Å². The highest BCUT2D eigenvalue weighted by Crippen LogP contribution is 2.22. The summed E-state index contributed by atoms with van der Waals surface area (Å²) < 4.78 is 36.1. The van der Waals surface area contributed by atoms with Crippen molar-refractivity contribution in [2.24, 2.45) is 5.92 Å². The van der Waals surface area contributed by atoms with Crippen LogP contribution in [0.3, 0.4) is 0 Å². The molecule has 0 fully saturated rings. The molecular formula is C13H25F3N2O. The molecule has 0 saturated heterocycles. The van der Waals surface area contributed by atoms with Crippen molar-refractivity contribution in [2.45, 2.75) is 64.7 Å². The Morgan fingerprint density at radius 3 is 2.21 bits per heavy atom. The van der Waals surface area contributed by atoms with Crippen LogP contribution in [0.2, 0.25) is 0 Å². The minimum absolute atomic E-state index is 0.0831. The summed E-state index contributed by atoms with van der Waals surface area (Å²) in [6.45, 7) is 5.82. The first-order valence-corrected chi connectivity index (χ1v) is 6.70. The number of halogens is 3. The van der Waals surface area contributed by atoms with Gasteiger partial charge in [-0.1, -0.05) is 13.8 Å². The number of hydrogen-bond acceptors (Lipinski definition) is 2. The second-order valence-corrected chi connectivity index (χ2v) is 5.37. The van der Waals surface area contributed by atoms with Crippen LogP contribution in [0, 0.1) is 5.92 Å². The minimum atomic E-state index is -4.10. The van der Waals surface area contributed by atoms with Crippen LogP contribution in [-0.4, -0.2) is 31.2 Å². The first-order valence-electron chi connectivity index (χ1n) is 6.70. The van der Waals surface area contributed by atoms with Crippen LogP contribution >= 0.6 is 0 Å². The zero-order chi connectivity index (χ0) is 15.1. The summed E-state index contributed by atoms with van der Waals surface area (Å²) >= 11 is 0. The van der Waals surface area contributed by atoms with Gasteiger partial charge in [0.05, 0.1) is 6.04 Å². The SMILES string of the molecule is CNC(=O)C(CC(C)C)NC(C)CCCC(F)(F)F. The average molecular weight is 282 g/mol. The van der Waals surface area contributed by atoms with Crippen LogP contribution in [-0.2, 0) is 4.79 Å². The van der Waals surface area contributed by atoms with E-state index < -0.39 is 12.6 Å². The van der Waals surface area contributed by atoms with Crippen molar-refractivity contribution >= 4 is 5.91 Å². The van der Waals surface area contributed by atoms with Crippen molar-refractivity contribution < 1.29 is 18.0 Å². The highest BCUT2D eigenvalue weighted by Gasteiger charge is 2.27. The van der Waals surface area contributed by atoms with Crippen molar-refractivity contribution in [3.63, 3.8) is 0 Å². The molecule has 0 bridgehead atoms. The van der Waals surface area contributed by atoms with Crippen LogP contribution in [0.5, 0.6) is 0 Å². The molecule has 6 heteroatoms. The Balaban J connectivity index is 4.16. The van der Waals surface area contributed by atoms with E-state index in [9.17, 15) is 18.0 Å². The van der Waals surface area contributed by atoms with Crippen LogP contribution in [0.4, 0.5) is 13.2 Å². The number of amides is 1. The summed E-state index contributed by atoms with van der Waals surface area (Å²) in [5.41, 5.74) is 0. The fourth-order valence-corrected chi connectivity index (χ4v) is 1.93. The van der Waals surface area contributed by atoms with Gasteiger partial charge in [-0.05, 0) is 32.1 Å². The van der Waals surface area contributed by atoms with E-state index in [4.69, 9.17) is 0 Å². The molecule has 0 saturated carbocycles. The standard InChI is InChI=1S/C13H25F3N2O/c1-9(2)8-11(12(19)17-4)18-10(3)6-5-7-13(14,15)16/h9-11,18H,5-8H2,1-4H3,(H,17,19). The Morgan fingerprint density at radius 2 is 1.79 bits per heavy atom. The first kappa shape index (κ1) is 18.2. The molecule has 0 aromatic carbocycles. The van der Waals surface area contributed by atoms with Gasteiger partial charge in [0.25, 0.3) is 0 Å². The maximum atomic E-state index is 12.0. The number of nitrogens with one attached hydrogen (secondary N) is 2. The quantitative estimate of drug-likeness (QED) is 0.719. The smallest absolute Gasteiger partial charge is 0.358 e. The molecule has 2 N–H and O–H groups in total. The van der Waals surface area contributed by atoms with Gasteiger partial charge in [0.2, 0.25) is 5.91 Å². The molecule has 0 aliphatic heterocycles. The molecule has 2 atom stereocenters. The van der Waals surface area contributed by atoms with E-state index in [2.05, 4.69) is 10.6 Å². The lowest BCUT2D eigenvalue weighted by atomic mass is 10.0. The summed E-state index contributed by atoms with van der Waals surface area (Å²) in [5, 5.41) is 5.68. The molecule has 0 heterocycles. The molecule has 0 aliphatic rings. The lowest BCUT2D eigenvalue weighted by molar-refractivity contribution is -0.136. The van der Waals surface area contributed by atoms with E-state index in [-0.39, 0.29) is 24.4 Å².